The third kappa shape index (κ3) is 3.79. The third-order valence-corrected chi connectivity index (χ3v) is 4.87. The quantitative estimate of drug-likeness (QED) is 0.846. The lowest BCUT2D eigenvalue weighted by Gasteiger charge is -2.36. The van der Waals surface area contributed by atoms with E-state index < -0.39 is 0 Å². The highest BCUT2D eigenvalue weighted by atomic mass is 16.2. The Morgan fingerprint density at radius 3 is 2.77 bits per heavy atom. The van der Waals surface area contributed by atoms with Crippen LogP contribution in [-0.4, -0.2) is 43.6 Å². The Morgan fingerprint density at radius 1 is 1.31 bits per heavy atom. The van der Waals surface area contributed by atoms with Gasteiger partial charge in [0.05, 0.1) is 11.4 Å². The van der Waals surface area contributed by atoms with Crippen molar-refractivity contribution in [2.45, 2.75) is 59.9 Å². The topological polar surface area (TPSA) is 63.9 Å². The SMILES string of the molecule is CCn1nccc1-c1cc(C)nc(C2CCCN(C(=O)C(C)(C)C)C2)n1. The minimum atomic E-state index is -0.353. The van der Waals surface area contributed by atoms with E-state index in [1.165, 1.54) is 0 Å². The van der Waals surface area contributed by atoms with Gasteiger partial charge in [0.25, 0.3) is 0 Å². The standard InChI is InChI=1S/C20H29N5O/c1-6-25-17(9-10-21-25)16-12-14(2)22-18(23-16)15-8-7-11-24(13-15)19(26)20(3,4)5/h9-10,12,15H,6-8,11,13H2,1-5H3. The molecule has 0 saturated carbocycles. The van der Waals surface area contributed by atoms with Gasteiger partial charge in [0, 0.05) is 42.9 Å². The summed E-state index contributed by atoms with van der Waals surface area (Å²) in [5.41, 5.74) is 2.52. The summed E-state index contributed by atoms with van der Waals surface area (Å²) in [7, 11) is 0. The molecule has 3 heterocycles. The fourth-order valence-corrected chi connectivity index (χ4v) is 3.55. The lowest BCUT2D eigenvalue weighted by atomic mass is 9.91. The van der Waals surface area contributed by atoms with Crippen LogP contribution < -0.4 is 0 Å². The van der Waals surface area contributed by atoms with E-state index in [4.69, 9.17) is 9.97 Å². The Labute approximate surface area is 155 Å². The molecule has 1 aliphatic heterocycles. The first-order valence-corrected chi connectivity index (χ1v) is 9.46. The highest BCUT2D eigenvalue weighted by molar-refractivity contribution is 5.81. The second-order valence-electron chi connectivity index (χ2n) is 8.13. The molecule has 1 unspecified atom stereocenters. The van der Waals surface area contributed by atoms with Crippen LogP contribution in [0.4, 0.5) is 0 Å². The van der Waals surface area contributed by atoms with Crippen LogP contribution in [0.1, 0.15) is 58.0 Å². The number of piperidine rings is 1. The van der Waals surface area contributed by atoms with Gasteiger partial charge in [-0.1, -0.05) is 20.8 Å². The molecule has 140 valence electrons. The Morgan fingerprint density at radius 2 is 2.08 bits per heavy atom. The number of hydrogen-bond donors (Lipinski definition) is 0. The highest BCUT2D eigenvalue weighted by Gasteiger charge is 2.32. The monoisotopic (exact) mass is 355 g/mol. The molecule has 6 heteroatoms. The average Bonchev–Trinajstić information content (AvgIpc) is 3.08. The molecular formula is C20H29N5O. The normalized spacial score (nSPS) is 18.2. The Hall–Kier alpha value is -2.24. The zero-order chi connectivity index (χ0) is 18.9. The largest absolute Gasteiger partial charge is 0.342 e. The van der Waals surface area contributed by atoms with Crippen LogP contribution in [0.15, 0.2) is 18.3 Å². The lowest BCUT2D eigenvalue weighted by molar-refractivity contribution is -0.140. The van der Waals surface area contributed by atoms with E-state index in [9.17, 15) is 4.79 Å². The highest BCUT2D eigenvalue weighted by Crippen LogP contribution is 2.29. The average molecular weight is 355 g/mol. The van der Waals surface area contributed by atoms with Gasteiger partial charge in [0.2, 0.25) is 5.91 Å². The minimum Gasteiger partial charge on any atom is -0.342 e. The Bertz CT molecular complexity index is 790. The van der Waals surface area contributed by atoms with Crippen molar-refractivity contribution in [3.05, 3.63) is 29.8 Å². The number of aromatic nitrogens is 4. The van der Waals surface area contributed by atoms with Crippen molar-refractivity contribution in [2.75, 3.05) is 13.1 Å². The number of aryl methyl sites for hydroxylation is 2. The zero-order valence-electron chi connectivity index (χ0n) is 16.5. The third-order valence-electron chi connectivity index (χ3n) is 4.87. The van der Waals surface area contributed by atoms with E-state index in [1.807, 2.05) is 49.4 Å². The van der Waals surface area contributed by atoms with Crippen LogP contribution in [0.25, 0.3) is 11.4 Å². The van der Waals surface area contributed by atoms with Gasteiger partial charge in [0.1, 0.15) is 5.82 Å². The van der Waals surface area contributed by atoms with Gasteiger partial charge < -0.3 is 4.90 Å². The van der Waals surface area contributed by atoms with Crippen molar-refractivity contribution in [1.29, 1.82) is 0 Å². The number of amides is 1. The Kier molecular flexibility index (Phi) is 5.12. The molecule has 6 nitrogen and oxygen atoms in total. The van der Waals surface area contributed by atoms with Gasteiger partial charge in [-0.05, 0) is 38.8 Å². The van der Waals surface area contributed by atoms with E-state index in [-0.39, 0.29) is 17.2 Å². The van der Waals surface area contributed by atoms with Crippen molar-refractivity contribution in [1.82, 2.24) is 24.6 Å². The van der Waals surface area contributed by atoms with Gasteiger partial charge in [-0.25, -0.2) is 9.97 Å². The molecule has 2 aromatic heterocycles. The molecule has 1 amide bonds. The fourth-order valence-electron chi connectivity index (χ4n) is 3.55. The first-order chi connectivity index (χ1) is 12.3. The molecule has 0 N–H and O–H groups in total. The number of carbonyl (C=O) groups excluding carboxylic acids is 1. The van der Waals surface area contributed by atoms with Crippen LogP contribution in [-0.2, 0) is 11.3 Å². The molecule has 0 spiro atoms. The maximum absolute atomic E-state index is 12.7. The summed E-state index contributed by atoms with van der Waals surface area (Å²) in [5.74, 6) is 1.24. The molecule has 26 heavy (non-hydrogen) atoms. The van der Waals surface area contributed by atoms with Crippen LogP contribution in [0.2, 0.25) is 0 Å². The van der Waals surface area contributed by atoms with E-state index in [2.05, 4.69) is 12.0 Å². The maximum atomic E-state index is 12.7. The van der Waals surface area contributed by atoms with E-state index in [1.54, 1.807) is 6.20 Å². The van der Waals surface area contributed by atoms with Crippen molar-refractivity contribution in [2.24, 2.45) is 5.41 Å². The van der Waals surface area contributed by atoms with E-state index in [0.29, 0.717) is 6.54 Å². The number of likely N-dealkylation sites (tertiary alicyclic amines) is 1. The Balaban J connectivity index is 1.88. The maximum Gasteiger partial charge on any atom is 0.227 e. The van der Waals surface area contributed by atoms with Crippen molar-refractivity contribution in [3.8, 4) is 11.4 Å². The number of carbonyl (C=O) groups is 1. The summed E-state index contributed by atoms with van der Waals surface area (Å²) < 4.78 is 1.95. The van der Waals surface area contributed by atoms with Crippen LogP contribution in [0.3, 0.4) is 0 Å². The van der Waals surface area contributed by atoms with Crippen molar-refractivity contribution < 1.29 is 4.79 Å². The summed E-state index contributed by atoms with van der Waals surface area (Å²) in [5, 5.41) is 4.35. The lowest BCUT2D eigenvalue weighted by Crippen LogP contribution is -2.44. The smallest absolute Gasteiger partial charge is 0.227 e. The molecule has 3 rings (SSSR count). The summed E-state index contributed by atoms with van der Waals surface area (Å²) in [4.78, 5) is 24.2. The first kappa shape index (κ1) is 18.5. The molecular weight excluding hydrogens is 326 g/mol. The molecule has 0 aliphatic carbocycles. The van der Waals surface area contributed by atoms with Crippen molar-refractivity contribution in [3.63, 3.8) is 0 Å². The molecule has 0 aromatic carbocycles. The zero-order valence-corrected chi connectivity index (χ0v) is 16.5. The predicted octanol–water partition coefficient (Wildman–Crippen LogP) is 3.42. The summed E-state index contributed by atoms with van der Waals surface area (Å²) in [6.07, 6.45) is 3.82. The summed E-state index contributed by atoms with van der Waals surface area (Å²) in [6.45, 7) is 12.3. The van der Waals surface area contributed by atoms with Gasteiger partial charge in [0.15, 0.2) is 0 Å². The van der Waals surface area contributed by atoms with Gasteiger partial charge >= 0.3 is 0 Å². The molecule has 1 fully saturated rings. The fraction of sp³-hybridized carbons (Fsp3) is 0.600. The molecule has 1 saturated heterocycles. The minimum absolute atomic E-state index is 0.187. The second-order valence-corrected chi connectivity index (χ2v) is 8.13. The predicted molar refractivity (Wildman–Crippen MR) is 102 cm³/mol. The first-order valence-electron chi connectivity index (χ1n) is 9.46. The van der Waals surface area contributed by atoms with E-state index in [0.717, 1.165) is 48.8 Å². The molecule has 1 atom stereocenters. The van der Waals surface area contributed by atoms with Gasteiger partial charge in [-0.2, -0.15) is 5.10 Å². The molecule has 1 aliphatic rings. The summed E-state index contributed by atoms with van der Waals surface area (Å²) >= 11 is 0. The number of rotatable bonds is 3. The second kappa shape index (κ2) is 7.17. The summed E-state index contributed by atoms with van der Waals surface area (Å²) in [6, 6.07) is 4.00. The van der Waals surface area contributed by atoms with Crippen LogP contribution >= 0.6 is 0 Å². The van der Waals surface area contributed by atoms with E-state index >= 15 is 0 Å². The molecule has 2 aromatic rings. The van der Waals surface area contributed by atoms with Gasteiger partial charge in [-0.15, -0.1) is 0 Å². The number of hydrogen-bond acceptors (Lipinski definition) is 4. The van der Waals surface area contributed by atoms with Crippen molar-refractivity contribution >= 4 is 5.91 Å². The van der Waals surface area contributed by atoms with Gasteiger partial charge in [-0.3, -0.25) is 9.48 Å². The van der Waals surface area contributed by atoms with Crippen LogP contribution in [0, 0.1) is 12.3 Å². The molecule has 0 bridgehead atoms. The van der Waals surface area contributed by atoms with Crippen LogP contribution in [0.5, 0.6) is 0 Å². The number of nitrogens with zero attached hydrogens (tertiary/aromatic N) is 5. The molecule has 0 radical (unpaired) electrons.